The van der Waals surface area contributed by atoms with Gasteiger partial charge in [-0.1, -0.05) is 37.6 Å². The van der Waals surface area contributed by atoms with Crippen LogP contribution in [0, 0.1) is 12.8 Å². The molecule has 0 aliphatic carbocycles. The maximum Gasteiger partial charge on any atom is 0.419 e. The van der Waals surface area contributed by atoms with Crippen LogP contribution in [0.25, 0.3) is 0 Å². The van der Waals surface area contributed by atoms with Gasteiger partial charge < -0.3 is 14.2 Å². The first-order valence-corrected chi connectivity index (χ1v) is 12.6. The SMILES string of the molecule is C=CC1C(OCOC)C(C(=O)C(C)C)N(C(=O)OC(C)(C)C)C(=O)N1S(=O)(=O)c1ccc(C)cc1. The lowest BCUT2D eigenvalue weighted by molar-refractivity contribution is -0.146. The Morgan fingerprint density at radius 1 is 1.17 bits per heavy atom. The van der Waals surface area contributed by atoms with Crippen molar-refractivity contribution >= 4 is 27.9 Å². The standard InChI is InChI=1S/C24H34N2O8S/c1-9-18-21(33-14-32-8)19(20(27)15(2)3)25(23(29)34-24(5,6)7)22(28)26(18)35(30,31)17-12-10-16(4)11-13-17/h9-13,15,18-19,21H,1,14H2,2-8H3. The van der Waals surface area contributed by atoms with E-state index >= 15 is 0 Å². The van der Waals surface area contributed by atoms with Crippen LogP contribution < -0.4 is 0 Å². The Hall–Kier alpha value is -2.76. The smallest absolute Gasteiger partial charge is 0.419 e. The molecule has 3 unspecified atom stereocenters. The maximum absolute atomic E-state index is 13.8. The van der Waals surface area contributed by atoms with Gasteiger partial charge in [-0.25, -0.2) is 27.2 Å². The number of nitrogens with zero attached hydrogens (tertiary/aromatic N) is 2. The summed E-state index contributed by atoms with van der Waals surface area (Å²) in [7, 11) is -3.15. The first-order valence-electron chi connectivity index (χ1n) is 11.1. The molecule has 1 aromatic rings. The van der Waals surface area contributed by atoms with Crippen molar-refractivity contribution in [1.82, 2.24) is 9.21 Å². The number of ether oxygens (including phenoxy) is 3. The molecule has 2 rings (SSSR count). The summed E-state index contributed by atoms with van der Waals surface area (Å²) in [6.45, 7) is 13.1. The van der Waals surface area contributed by atoms with Crippen LogP contribution in [0.4, 0.5) is 9.59 Å². The monoisotopic (exact) mass is 510 g/mol. The summed E-state index contributed by atoms with van der Waals surface area (Å²) in [4.78, 5) is 40.6. The van der Waals surface area contributed by atoms with Gasteiger partial charge >= 0.3 is 12.1 Å². The van der Waals surface area contributed by atoms with Gasteiger partial charge in [-0.3, -0.25) is 4.79 Å². The number of carbonyl (C=O) groups is 3. The topological polar surface area (TPSA) is 120 Å². The van der Waals surface area contributed by atoms with Crippen molar-refractivity contribution in [2.45, 2.75) is 70.2 Å². The van der Waals surface area contributed by atoms with Gasteiger partial charge in [0.2, 0.25) is 0 Å². The first-order chi connectivity index (χ1) is 16.2. The average molecular weight is 511 g/mol. The van der Waals surface area contributed by atoms with Crippen molar-refractivity contribution in [2.75, 3.05) is 13.9 Å². The number of ketones is 1. The second kappa shape index (κ2) is 10.9. The molecule has 0 spiro atoms. The van der Waals surface area contributed by atoms with Crippen LogP contribution in [-0.2, 0) is 29.0 Å². The van der Waals surface area contributed by atoms with E-state index in [0.717, 1.165) is 5.56 Å². The summed E-state index contributed by atoms with van der Waals surface area (Å²) in [6.07, 6.45) is -1.26. The van der Waals surface area contributed by atoms with E-state index in [0.29, 0.717) is 9.21 Å². The number of benzene rings is 1. The molecule has 1 heterocycles. The van der Waals surface area contributed by atoms with E-state index in [1.54, 1.807) is 53.7 Å². The number of urea groups is 1. The minimum Gasteiger partial charge on any atom is -0.443 e. The van der Waals surface area contributed by atoms with Crippen molar-refractivity contribution in [2.24, 2.45) is 5.92 Å². The van der Waals surface area contributed by atoms with E-state index in [9.17, 15) is 22.8 Å². The average Bonchev–Trinajstić information content (AvgIpc) is 2.75. The second-order valence-electron chi connectivity index (χ2n) is 9.51. The fourth-order valence-electron chi connectivity index (χ4n) is 3.61. The number of rotatable bonds is 8. The van der Waals surface area contributed by atoms with Gasteiger partial charge in [-0.2, -0.15) is 0 Å². The largest absolute Gasteiger partial charge is 0.443 e. The number of imide groups is 1. The number of aryl methyl sites for hydroxylation is 1. The quantitative estimate of drug-likeness (QED) is 0.385. The Bertz CT molecular complexity index is 1060. The number of hydrogen-bond donors (Lipinski definition) is 0. The van der Waals surface area contributed by atoms with Gasteiger partial charge in [0, 0.05) is 13.0 Å². The van der Waals surface area contributed by atoms with Crippen LogP contribution >= 0.6 is 0 Å². The highest BCUT2D eigenvalue weighted by Gasteiger charge is 2.56. The molecule has 1 aliphatic rings. The van der Waals surface area contributed by atoms with Crippen molar-refractivity contribution in [3.63, 3.8) is 0 Å². The van der Waals surface area contributed by atoms with Gasteiger partial charge in [-0.05, 0) is 39.8 Å². The second-order valence-corrected chi connectivity index (χ2v) is 11.3. The fraction of sp³-hybridized carbons (Fsp3) is 0.542. The van der Waals surface area contributed by atoms with Crippen molar-refractivity contribution in [3.8, 4) is 0 Å². The summed E-state index contributed by atoms with van der Waals surface area (Å²) in [6, 6.07) is 1.86. The Balaban J connectivity index is 2.77. The molecular weight excluding hydrogens is 476 g/mol. The molecule has 0 bridgehead atoms. The molecule has 1 aliphatic heterocycles. The molecule has 35 heavy (non-hydrogen) atoms. The molecule has 1 fully saturated rings. The summed E-state index contributed by atoms with van der Waals surface area (Å²) in [5.74, 6) is -1.12. The van der Waals surface area contributed by atoms with E-state index in [1.165, 1.54) is 25.3 Å². The van der Waals surface area contributed by atoms with E-state index in [-0.39, 0.29) is 11.7 Å². The molecule has 0 radical (unpaired) electrons. The third kappa shape index (κ3) is 6.09. The van der Waals surface area contributed by atoms with E-state index in [4.69, 9.17) is 14.2 Å². The third-order valence-electron chi connectivity index (χ3n) is 5.24. The number of hydrogen-bond acceptors (Lipinski definition) is 8. The van der Waals surface area contributed by atoms with Crippen LogP contribution in [-0.4, -0.2) is 73.2 Å². The van der Waals surface area contributed by atoms with Gasteiger partial charge in [0.1, 0.15) is 24.5 Å². The zero-order valence-corrected chi connectivity index (χ0v) is 22.0. The van der Waals surface area contributed by atoms with Crippen LogP contribution in [0.1, 0.15) is 40.2 Å². The fourth-order valence-corrected chi connectivity index (χ4v) is 5.13. The summed E-state index contributed by atoms with van der Waals surface area (Å²) in [5.41, 5.74) is -0.213. The van der Waals surface area contributed by atoms with Gasteiger partial charge in [0.15, 0.2) is 5.78 Å². The Morgan fingerprint density at radius 2 is 1.74 bits per heavy atom. The molecule has 3 atom stereocenters. The highest BCUT2D eigenvalue weighted by atomic mass is 32.2. The Kier molecular flexibility index (Phi) is 8.85. The molecular formula is C24H34N2O8S. The Morgan fingerprint density at radius 3 is 2.20 bits per heavy atom. The Labute approximate surface area is 206 Å². The normalized spacial score (nSPS) is 21.3. The van der Waals surface area contributed by atoms with Crippen LogP contribution in [0.5, 0.6) is 0 Å². The molecule has 1 saturated heterocycles. The number of carbonyl (C=O) groups excluding carboxylic acids is 3. The third-order valence-corrected chi connectivity index (χ3v) is 7.03. The molecule has 3 amide bonds. The summed E-state index contributed by atoms with van der Waals surface area (Å²) in [5, 5.41) is 0. The lowest BCUT2D eigenvalue weighted by Crippen LogP contribution is -2.71. The van der Waals surface area contributed by atoms with Crippen molar-refractivity contribution in [3.05, 3.63) is 42.5 Å². The first kappa shape index (κ1) is 28.5. The molecule has 0 saturated carbocycles. The lowest BCUT2D eigenvalue weighted by atomic mass is 9.90. The highest BCUT2D eigenvalue weighted by Crippen LogP contribution is 2.34. The molecule has 194 valence electrons. The molecule has 1 aromatic carbocycles. The van der Waals surface area contributed by atoms with Crippen molar-refractivity contribution < 1.29 is 37.0 Å². The van der Waals surface area contributed by atoms with Gasteiger partial charge in [-0.15, -0.1) is 6.58 Å². The number of methoxy groups -OCH3 is 1. The zero-order chi connectivity index (χ0) is 26.7. The molecule has 0 aromatic heterocycles. The minimum atomic E-state index is -4.50. The number of amides is 3. The predicted octanol–water partition coefficient (Wildman–Crippen LogP) is 3.49. The number of Topliss-reactive ketones (excluding diaryl/α,β-unsaturated/α-hetero) is 1. The summed E-state index contributed by atoms with van der Waals surface area (Å²) >= 11 is 0. The molecule has 11 heteroatoms. The lowest BCUT2D eigenvalue weighted by Gasteiger charge is -2.47. The van der Waals surface area contributed by atoms with E-state index in [2.05, 4.69) is 6.58 Å². The number of sulfonamides is 1. The van der Waals surface area contributed by atoms with E-state index in [1.807, 2.05) is 0 Å². The molecule has 10 nitrogen and oxygen atoms in total. The molecule has 0 N–H and O–H groups in total. The highest BCUT2D eigenvalue weighted by molar-refractivity contribution is 7.89. The van der Waals surface area contributed by atoms with Crippen LogP contribution in [0.15, 0.2) is 41.8 Å². The van der Waals surface area contributed by atoms with Crippen LogP contribution in [0.2, 0.25) is 0 Å². The predicted molar refractivity (Wildman–Crippen MR) is 128 cm³/mol. The van der Waals surface area contributed by atoms with Gasteiger partial charge in [0.25, 0.3) is 10.0 Å². The van der Waals surface area contributed by atoms with Crippen LogP contribution in [0.3, 0.4) is 0 Å². The summed E-state index contributed by atoms with van der Waals surface area (Å²) < 4.78 is 44.0. The van der Waals surface area contributed by atoms with E-state index < -0.39 is 57.6 Å². The van der Waals surface area contributed by atoms with Gasteiger partial charge in [0.05, 0.1) is 10.9 Å². The minimum absolute atomic E-state index is 0.174. The maximum atomic E-state index is 13.8. The van der Waals surface area contributed by atoms with Crippen molar-refractivity contribution in [1.29, 1.82) is 0 Å². The zero-order valence-electron chi connectivity index (χ0n) is 21.2.